The summed E-state index contributed by atoms with van der Waals surface area (Å²) in [6.07, 6.45) is 5.82. The van der Waals surface area contributed by atoms with Crippen LogP contribution in [0.3, 0.4) is 0 Å². The van der Waals surface area contributed by atoms with Crippen molar-refractivity contribution in [3.63, 3.8) is 0 Å². The fourth-order valence-electron chi connectivity index (χ4n) is 4.42. The van der Waals surface area contributed by atoms with E-state index in [4.69, 9.17) is 14.2 Å². The molecule has 1 N–H and O–H groups in total. The van der Waals surface area contributed by atoms with Gasteiger partial charge in [-0.3, -0.25) is 15.0 Å². The number of para-hydroxylation sites is 1. The van der Waals surface area contributed by atoms with E-state index in [9.17, 15) is 9.59 Å². The topological polar surface area (TPSA) is 96.5 Å². The number of aromatic nitrogens is 1. The maximum absolute atomic E-state index is 12.9. The molecule has 2 aliphatic rings. The van der Waals surface area contributed by atoms with E-state index in [0.29, 0.717) is 43.6 Å². The Labute approximate surface area is 236 Å². The molecule has 212 valence electrons. The molecule has 11 heteroatoms. The minimum absolute atomic E-state index is 0. The van der Waals surface area contributed by atoms with Crippen molar-refractivity contribution in [2.45, 2.75) is 26.4 Å². The van der Waals surface area contributed by atoms with Gasteiger partial charge < -0.3 is 24.0 Å². The number of amides is 3. The van der Waals surface area contributed by atoms with Crippen molar-refractivity contribution in [1.82, 2.24) is 19.7 Å². The predicted octanol–water partition coefficient (Wildman–Crippen LogP) is 3.65. The van der Waals surface area contributed by atoms with Crippen LogP contribution < -0.4 is 14.8 Å². The van der Waals surface area contributed by atoms with Gasteiger partial charge in [-0.15, -0.1) is 12.4 Å². The number of halogens is 1. The number of hydrogen-bond donors (Lipinski definition) is 1. The van der Waals surface area contributed by atoms with Crippen molar-refractivity contribution in [3.05, 3.63) is 53.2 Å². The van der Waals surface area contributed by atoms with Gasteiger partial charge in [0, 0.05) is 63.2 Å². The van der Waals surface area contributed by atoms with Crippen LogP contribution in [0.15, 0.2) is 36.5 Å². The molecule has 39 heavy (non-hydrogen) atoms. The number of anilines is 1. The fraction of sp³-hybridized carbons (Fsp3) is 0.464. The summed E-state index contributed by atoms with van der Waals surface area (Å²) in [6, 6.07) is 7.51. The Balaban J connectivity index is 0.00000420. The molecule has 2 aliphatic heterocycles. The molecule has 0 aliphatic carbocycles. The van der Waals surface area contributed by atoms with Crippen molar-refractivity contribution < 1.29 is 23.8 Å². The van der Waals surface area contributed by atoms with Gasteiger partial charge >= 0.3 is 6.03 Å². The maximum atomic E-state index is 12.9. The van der Waals surface area contributed by atoms with Crippen LogP contribution in [0, 0.1) is 0 Å². The highest BCUT2D eigenvalue weighted by atomic mass is 35.5. The zero-order valence-corrected chi connectivity index (χ0v) is 23.7. The number of hydrogen-bond acceptors (Lipinski definition) is 7. The van der Waals surface area contributed by atoms with Crippen molar-refractivity contribution in [1.29, 1.82) is 0 Å². The van der Waals surface area contributed by atoms with Crippen molar-refractivity contribution in [2.24, 2.45) is 0 Å². The number of carbonyl (C=O) groups excluding carboxylic acids is 2. The van der Waals surface area contributed by atoms with Gasteiger partial charge in [-0.05, 0) is 30.2 Å². The normalized spacial score (nSPS) is 15.4. The first-order chi connectivity index (χ1) is 18.5. The van der Waals surface area contributed by atoms with Gasteiger partial charge in [-0.1, -0.05) is 19.1 Å². The molecule has 3 amide bonds. The number of methoxy groups -OCH3 is 1. The molecule has 0 spiro atoms. The van der Waals surface area contributed by atoms with Gasteiger partial charge in [-0.2, -0.15) is 0 Å². The van der Waals surface area contributed by atoms with E-state index in [2.05, 4.69) is 15.2 Å². The van der Waals surface area contributed by atoms with Crippen LogP contribution in [0.2, 0.25) is 0 Å². The third-order valence-corrected chi connectivity index (χ3v) is 6.58. The largest absolute Gasteiger partial charge is 0.493 e. The molecule has 0 saturated carbocycles. The summed E-state index contributed by atoms with van der Waals surface area (Å²) in [4.78, 5) is 35.5. The van der Waals surface area contributed by atoms with Crippen LogP contribution in [0.1, 0.15) is 30.0 Å². The molecule has 0 atom stereocenters. The highest BCUT2D eigenvalue weighted by Gasteiger charge is 2.24. The van der Waals surface area contributed by atoms with Gasteiger partial charge in [0.25, 0.3) is 0 Å². The monoisotopic (exact) mass is 559 g/mol. The first kappa shape index (κ1) is 30.2. The van der Waals surface area contributed by atoms with Crippen molar-refractivity contribution in [3.8, 4) is 11.5 Å². The lowest BCUT2D eigenvalue weighted by molar-refractivity contribution is -0.125. The Morgan fingerprint density at radius 1 is 1.26 bits per heavy atom. The number of pyridine rings is 1. The number of nitrogens with zero attached hydrogens (tertiary/aromatic N) is 4. The molecule has 1 saturated heterocycles. The van der Waals surface area contributed by atoms with E-state index in [1.165, 1.54) is 6.08 Å². The summed E-state index contributed by atoms with van der Waals surface area (Å²) in [5.41, 5.74) is 2.59. The lowest BCUT2D eigenvalue weighted by Crippen LogP contribution is -2.45. The minimum atomic E-state index is -0.146. The van der Waals surface area contributed by atoms with Crippen LogP contribution in [-0.2, 0) is 22.6 Å². The second kappa shape index (κ2) is 14.7. The van der Waals surface area contributed by atoms with Crippen LogP contribution >= 0.6 is 12.4 Å². The smallest absolute Gasteiger partial charge is 0.323 e. The average molecular weight is 560 g/mol. The average Bonchev–Trinajstić information content (AvgIpc) is 2.94. The zero-order valence-electron chi connectivity index (χ0n) is 22.9. The molecule has 1 aromatic heterocycles. The molecule has 1 aromatic carbocycles. The molecule has 0 radical (unpaired) electrons. The third-order valence-electron chi connectivity index (χ3n) is 6.58. The number of carbonyl (C=O) groups is 2. The number of likely N-dealkylation sites (N-methyl/N-ethyl adjacent to an activating group) is 1. The Kier molecular flexibility index (Phi) is 11.4. The van der Waals surface area contributed by atoms with Gasteiger partial charge in [0.15, 0.2) is 11.5 Å². The molecule has 3 heterocycles. The Morgan fingerprint density at radius 3 is 2.79 bits per heavy atom. The number of rotatable bonds is 11. The Bertz CT molecular complexity index is 1160. The molecule has 0 bridgehead atoms. The number of fused-ring (bicyclic) bond motifs is 1. The molecule has 0 unspecified atom stereocenters. The van der Waals surface area contributed by atoms with Crippen LogP contribution in [-0.4, -0.2) is 91.8 Å². The van der Waals surface area contributed by atoms with Crippen LogP contribution in [0.4, 0.5) is 10.6 Å². The fourth-order valence-corrected chi connectivity index (χ4v) is 4.42. The summed E-state index contributed by atoms with van der Waals surface area (Å²) >= 11 is 0. The highest BCUT2D eigenvalue weighted by molar-refractivity contribution is 5.93. The number of ether oxygens (including phenoxy) is 3. The zero-order chi connectivity index (χ0) is 26.9. The van der Waals surface area contributed by atoms with E-state index in [-0.39, 0.29) is 24.3 Å². The van der Waals surface area contributed by atoms with E-state index < -0.39 is 0 Å². The highest BCUT2D eigenvalue weighted by Crippen LogP contribution is 2.32. The molecular weight excluding hydrogens is 522 g/mol. The van der Waals surface area contributed by atoms with Crippen molar-refractivity contribution in [2.75, 3.05) is 65.5 Å². The maximum Gasteiger partial charge on any atom is 0.323 e. The second-order valence-corrected chi connectivity index (χ2v) is 9.41. The molecule has 1 fully saturated rings. The SMILES string of the molecule is CCCOc1c(CN(C)C(=O)C=Cc2cnc3c(c2)CN(CCN2CCOCC2)C(=O)N3)cccc1OC.Cl. The van der Waals surface area contributed by atoms with Gasteiger partial charge in [0.2, 0.25) is 5.91 Å². The molecule has 4 rings (SSSR count). The molecular formula is C28H38ClN5O5. The first-order valence-electron chi connectivity index (χ1n) is 13.0. The second-order valence-electron chi connectivity index (χ2n) is 9.41. The number of nitrogens with one attached hydrogen (secondary N) is 1. The quantitative estimate of drug-likeness (QED) is 0.420. The van der Waals surface area contributed by atoms with E-state index in [1.807, 2.05) is 31.2 Å². The summed E-state index contributed by atoms with van der Waals surface area (Å²) in [7, 11) is 3.36. The summed E-state index contributed by atoms with van der Waals surface area (Å²) in [6.45, 7) is 8.14. The first-order valence-corrected chi connectivity index (χ1v) is 13.0. The standard InChI is InChI=1S/C28H37N5O5.ClH/c1-4-14-38-26-22(6-5-7-24(26)36-3)19-31(2)25(34)9-8-21-17-23-20-33(28(35)30-27(23)29-18-21)11-10-32-12-15-37-16-13-32;/h5-9,17-18H,4,10-16,19-20H2,1-3H3,(H,29,30,35);1H. The number of morpholine rings is 1. The molecule has 10 nitrogen and oxygen atoms in total. The summed E-state index contributed by atoms with van der Waals surface area (Å²) in [5.74, 6) is 1.74. The van der Waals surface area contributed by atoms with E-state index in [0.717, 1.165) is 56.0 Å². The summed E-state index contributed by atoms with van der Waals surface area (Å²) in [5, 5.41) is 2.88. The van der Waals surface area contributed by atoms with Gasteiger partial charge in [-0.25, -0.2) is 9.78 Å². The number of urea groups is 1. The van der Waals surface area contributed by atoms with Crippen LogP contribution in [0.25, 0.3) is 6.08 Å². The Morgan fingerprint density at radius 2 is 2.05 bits per heavy atom. The van der Waals surface area contributed by atoms with Crippen molar-refractivity contribution >= 4 is 36.2 Å². The lowest BCUT2D eigenvalue weighted by atomic mass is 10.1. The van der Waals surface area contributed by atoms with Crippen LogP contribution in [0.5, 0.6) is 11.5 Å². The predicted molar refractivity (Wildman–Crippen MR) is 152 cm³/mol. The van der Waals surface area contributed by atoms with Gasteiger partial charge in [0.05, 0.1) is 33.5 Å². The van der Waals surface area contributed by atoms with E-state index >= 15 is 0 Å². The Hall–Kier alpha value is -3.34. The number of benzene rings is 1. The minimum Gasteiger partial charge on any atom is -0.493 e. The lowest BCUT2D eigenvalue weighted by Gasteiger charge is -2.32. The summed E-state index contributed by atoms with van der Waals surface area (Å²) < 4.78 is 16.8. The van der Waals surface area contributed by atoms with E-state index in [1.54, 1.807) is 36.2 Å². The molecule has 2 aromatic rings. The van der Waals surface area contributed by atoms with Gasteiger partial charge in [0.1, 0.15) is 5.82 Å². The third kappa shape index (κ3) is 8.08.